The summed E-state index contributed by atoms with van der Waals surface area (Å²) in [6.45, 7) is 3.84. The molecule has 0 unspecified atom stereocenters. The highest BCUT2D eigenvalue weighted by molar-refractivity contribution is 7.22. The molecule has 0 aliphatic rings. The highest BCUT2D eigenvalue weighted by atomic mass is 32.1. The minimum atomic E-state index is -0.605. The summed E-state index contributed by atoms with van der Waals surface area (Å²) in [6.07, 6.45) is 2.16. The van der Waals surface area contributed by atoms with Gasteiger partial charge >= 0.3 is 6.03 Å². The molecule has 0 saturated carbocycles. The number of rotatable bonds is 8. The van der Waals surface area contributed by atoms with E-state index in [9.17, 15) is 9.90 Å². The molecule has 0 atom stereocenters. The molecule has 0 fully saturated rings. The van der Waals surface area contributed by atoms with Gasteiger partial charge in [-0.25, -0.2) is 14.8 Å². The predicted octanol–water partition coefficient (Wildman–Crippen LogP) is 3.38. The van der Waals surface area contributed by atoms with Crippen molar-refractivity contribution >= 4 is 32.7 Å². The molecule has 11 heteroatoms. The molecule has 0 bridgehead atoms. The molecule has 10 nitrogen and oxygen atoms in total. The quantitative estimate of drug-likeness (QED) is 0.358. The summed E-state index contributed by atoms with van der Waals surface area (Å²) < 4.78 is 11.2. The summed E-state index contributed by atoms with van der Waals surface area (Å²) >= 11 is 1.39. The van der Waals surface area contributed by atoms with Crippen LogP contribution < -0.4 is 15.4 Å². The zero-order chi connectivity index (χ0) is 23.4. The monoisotopic (exact) mass is 468 g/mol. The summed E-state index contributed by atoms with van der Waals surface area (Å²) in [5.74, 6) is 1.39. The number of nitrogens with one attached hydrogen (secondary N) is 2. The molecule has 0 aliphatic heterocycles. The van der Waals surface area contributed by atoms with E-state index in [1.807, 2.05) is 44.2 Å². The number of hydrogen-bond donors (Lipinski definition) is 3. The van der Waals surface area contributed by atoms with Gasteiger partial charge in [-0.3, -0.25) is 5.32 Å². The molecule has 4 aromatic rings. The summed E-state index contributed by atoms with van der Waals surface area (Å²) in [4.78, 5) is 25.2. The van der Waals surface area contributed by atoms with Gasteiger partial charge < -0.3 is 19.7 Å². The zero-order valence-corrected chi connectivity index (χ0v) is 19.3. The SMILES string of the molecule is COc1ccc(-c2ccc3nc(NC(=O)NCCc4noc(C(C)(C)CO)n4)sc3c2)cn1. The first-order valence-electron chi connectivity index (χ1n) is 10.3. The van der Waals surface area contributed by atoms with E-state index in [2.05, 4.69) is 30.7 Å². The Morgan fingerprint density at radius 2 is 2.03 bits per heavy atom. The summed E-state index contributed by atoms with van der Waals surface area (Å²) in [6, 6.07) is 9.28. The largest absolute Gasteiger partial charge is 0.481 e. The third kappa shape index (κ3) is 5.26. The van der Waals surface area contributed by atoms with E-state index in [0.29, 0.717) is 35.7 Å². The van der Waals surface area contributed by atoms with Crippen LogP contribution in [0.3, 0.4) is 0 Å². The van der Waals surface area contributed by atoms with Crippen molar-refractivity contribution in [2.75, 3.05) is 25.6 Å². The molecule has 0 saturated heterocycles. The van der Waals surface area contributed by atoms with Crippen LogP contribution in [0, 0.1) is 0 Å². The molecule has 0 spiro atoms. The third-order valence-corrected chi connectivity index (χ3v) is 5.90. The smallest absolute Gasteiger partial charge is 0.321 e. The maximum Gasteiger partial charge on any atom is 0.321 e. The van der Waals surface area contributed by atoms with Gasteiger partial charge in [0, 0.05) is 30.8 Å². The molecule has 4 rings (SSSR count). The zero-order valence-electron chi connectivity index (χ0n) is 18.5. The van der Waals surface area contributed by atoms with E-state index < -0.39 is 5.41 Å². The molecule has 0 radical (unpaired) electrons. The van der Waals surface area contributed by atoms with Gasteiger partial charge in [-0.1, -0.05) is 22.6 Å². The Hall–Kier alpha value is -3.57. The lowest BCUT2D eigenvalue weighted by Crippen LogP contribution is -2.30. The van der Waals surface area contributed by atoms with Crippen molar-refractivity contribution in [2.45, 2.75) is 25.7 Å². The summed E-state index contributed by atoms with van der Waals surface area (Å²) in [5, 5.41) is 19.3. The molecular formula is C22H24N6O4S. The number of urea groups is 1. The first-order valence-corrected chi connectivity index (χ1v) is 11.1. The van der Waals surface area contributed by atoms with Crippen LogP contribution in [-0.4, -0.2) is 51.5 Å². The van der Waals surface area contributed by atoms with Crippen molar-refractivity contribution in [1.82, 2.24) is 25.4 Å². The average molecular weight is 469 g/mol. The Morgan fingerprint density at radius 1 is 1.21 bits per heavy atom. The van der Waals surface area contributed by atoms with Gasteiger partial charge in [0.1, 0.15) is 0 Å². The van der Waals surface area contributed by atoms with Gasteiger partial charge in [0.05, 0.1) is 29.3 Å². The van der Waals surface area contributed by atoms with Crippen LogP contribution in [0.1, 0.15) is 25.6 Å². The summed E-state index contributed by atoms with van der Waals surface area (Å²) in [5.41, 5.74) is 2.16. The van der Waals surface area contributed by atoms with E-state index in [1.54, 1.807) is 13.3 Å². The van der Waals surface area contributed by atoms with Crippen LogP contribution in [0.15, 0.2) is 41.1 Å². The second-order valence-electron chi connectivity index (χ2n) is 7.98. The highest BCUT2D eigenvalue weighted by Crippen LogP contribution is 2.30. The first kappa shape index (κ1) is 22.6. The van der Waals surface area contributed by atoms with E-state index in [1.165, 1.54) is 11.3 Å². The van der Waals surface area contributed by atoms with Gasteiger partial charge in [0.25, 0.3) is 0 Å². The van der Waals surface area contributed by atoms with Crippen LogP contribution in [-0.2, 0) is 11.8 Å². The van der Waals surface area contributed by atoms with E-state index in [0.717, 1.165) is 21.3 Å². The lowest BCUT2D eigenvalue weighted by atomic mass is 9.95. The number of fused-ring (bicyclic) bond motifs is 1. The minimum Gasteiger partial charge on any atom is -0.481 e. The number of aromatic nitrogens is 4. The van der Waals surface area contributed by atoms with Crippen molar-refractivity contribution in [3.05, 3.63) is 48.2 Å². The van der Waals surface area contributed by atoms with Crippen LogP contribution in [0.2, 0.25) is 0 Å². The lowest BCUT2D eigenvalue weighted by Gasteiger charge is -2.14. The van der Waals surface area contributed by atoms with Crippen molar-refractivity contribution < 1.29 is 19.2 Å². The third-order valence-electron chi connectivity index (χ3n) is 4.96. The van der Waals surface area contributed by atoms with Gasteiger partial charge in [0.2, 0.25) is 11.8 Å². The number of anilines is 1. The van der Waals surface area contributed by atoms with Crippen LogP contribution in [0.4, 0.5) is 9.93 Å². The summed E-state index contributed by atoms with van der Waals surface area (Å²) in [7, 11) is 1.58. The number of aliphatic hydroxyl groups excluding tert-OH is 1. The molecule has 1 aromatic carbocycles. The number of thiazole rings is 1. The Balaban J connectivity index is 1.34. The fourth-order valence-corrected chi connectivity index (χ4v) is 3.86. The number of carbonyl (C=O) groups excluding carboxylic acids is 1. The van der Waals surface area contributed by atoms with Gasteiger partial charge in [-0.2, -0.15) is 4.98 Å². The molecular weight excluding hydrogens is 444 g/mol. The first-order chi connectivity index (χ1) is 15.9. The predicted molar refractivity (Wildman–Crippen MR) is 125 cm³/mol. The number of ether oxygens (including phenoxy) is 1. The maximum absolute atomic E-state index is 12.3. The van der Waals surface area contributed by atoms with Crippen LogP contribution >= 0.6 is 11.3 Å². The molecule has 3 heterocycles. The van der Waals surface area contributed by atoms with Gasteiger partial charge in [-0.15, -0.1) is 0 Å². The van der Waals surface area contributed by atoms with E-state index >= 15 is 0 Å². The molecule has 3 aromatic heterocycles. The molecule has 2 amide bonds. The molecule has 33 heavy (non-hydrogen) atoms. The van der Waals surface area contributed by atoms with Crippen molar-refractivity contribution in [2.24, 2.45) is 0 Å². The lowest BCUT2D eigenvalue weighted by molar-refractivity contribution is 0.182. The highest BCUT2D eigenvalue weighted by Gasteiger charge is 2.26. The Morgan fingerprint density at radius 3 is 2.76 bits per heavy atom. The van der Waals surface area contributed by atoms with Crippen LogP contribution in [0.25, 0.3) is 21.3 Å². The number of methoxy groups -OCH3 is 1. The Labute approximate surface area is 194 Å². The fourth-order valence-electron chi connectivity index (χ4n) is 2.96. The second kappa shape index (κ2) is 9.51. The number of nitrogens with zero attached hydrogens (tertiary/aromatic N) is 4. The number of carbonyl (C=O) groups is 1. The fraction of sp³-hybridized carbons (Fsp3) is 0.318. The Bertz CT molecular complexity index is 1250. The topological polar surface area (TPSA) is 135 Å². The van der Waals surface area contributed by atoms with Crippen LogP contribution in [0.5, 0.6) is 5.88 Å². The molecule has 3 N–H and O–H groups in total. The van der Waals surface area contributed by atoms with Crippen molar-refractivity contribution in [3.8, 4) is 17.0 Å². The normalized spacial score (nSPS) is 11.5. The van der Waals surface area contributed by atoms with E-state index in [-0.39, 0.29) is 12.6 Å². The van der Waals surface area contributed by atoms with E-state index in [4.69, 9.17) is 9.26 Å². The number of aliphatic hydroxyl groups is 1. The number of hydrogen-bond acceptors (Lipinski definition) is 9. The number of amides is 2. The van der Waals surface area contributed by atoms with Gasteiger partial charge in [0.15, 0.2) is 11.0 Å². The number of benzene rings is 1. The minimum absolute atomic E-state index is 0.101. The average Bonchev–Trinajstić information content (AvgIpc) is 3.45. The van der Waals surface area contributed by atoms with Crippen molar-refractivity contribution in [1.29, 1.82) is 0 Å². The number of pyridine rings is 1. The molecule has 0 aliphatic carbocycles. The standard InChI is InChI=1S/C22H24N6O4S/c1-22(2,12-29)19-26-17(28-32-19)8-9-23-20(30)27-21-25-15-6-4-13(10-16(15)33-21)14-5-7-18(31-3)24-11-14/h4-7,10-11,29H,8-9,12H2,1-3H3,(H2,23,25,27,30). The second-order valence-corrected chi connectivity index (χ2v) is 9.01. The Kier molecular flexibility index (Phi) is 6.52. The maximum atomic E-state index is 12.3. The molecule has 172 valence electrons. The van der Waals surface area contributed by atoms with Gasteiger partial charge in [-0.05, 0) is 37.6 Å². The van der Waals surface area contributed by atoms with Crippen molar-refractivity contribution in [3.63, 3.8) is 0 Å².